The van der Waals surface area contributed by atoms with Crippen molar-refractivity contribution in [2.45, 2.75) is 64.5 Å². The van der Waals surface area contributed by atoms with E-state index in [0.29, 0.717) is 38.8 Å². The van der Waals surface area contributed by atoms with Gasteiger partial charge in [-0.25, -0.2) is 9.18 Å². The van der Waals surface area contributed by atoms with E-state index in [1.807, 2.05) is 6.07 Å². The summed E-state index contributed by atoms with van der Waals surface area (Å²) in [5.41, 5.74) is 0.236. The van der Waals surface area contributed by atoms with E-state index >= 15 is 0 Å². The minimum absolute atomic E-state index is 0.0197. The van der Waals surface area contributed by atoms with Crippen LogP contribution in [0.2, 0.25) is 0 Å². The number of carbonyl (C=O) groups excluding carboxylic acids is 3. The first kappa shape index (κ1) is 23.6. The Hall–Kier alpha value is -2.64. The van der Waals surface area contributed by atoms with E-state index in [1.54, 1.807) is 31.7 Å². The molecule has 1 heterocycles. The maximum atomic E-state index is 13.2. The van der Waals surface area contributed by atoms with Crippen LogP contribution in [0.1, 0.15) is 52.0 Å². The molecule has 0 radical (unpaired) electrons. The summed E-state index contributed by atoms with van der Waals surface area (Å²) in [7, 11) is 0. The Bertz CT molecular complexity index is 740. The molecule has 7 nitrogen and oxygen atoms in total. The van der Waals surface area contributed by atoms with Gasteiger partial charge in [0, 0.05) is 38.5 Å². The lowest BCUT2D eigenvalue weighted by molar-refractivity contribution is -0.132. The quantitative estimate of drug-likeness (QED) is 0.709. The fourth-order valence-electron chi connectivity index (χ4n) is 3.27. The lowest BCUT2D eigenvalue weighted by atomic mass is 10.0. The first-order valence-electron chi connectivity index (χ1n) is 10.4. The van der Waals surface area contributed by atoms with Gasteiger partial charge in [0.1, 0.15) is 11.4 Å². The molecule has 2 N–H and O–H groups in total. The SMILES string of the molecule is CC(C)(C)OC(=O)NCCC(=O)NC1CCN(C(=O)CCc2cccc(F)c2)CC1. The summed E-state index contributed by atoms with van der Waals surface area (Å²) in [4.78, 5) is 37.8. The molecule has 8 heteroatoms. The number of alkyl carbamates (subject to hydrolysis) is 1. The number of hydrogen-bond donors (Lipinski definition) is 2. The molecule has 1 aliphatic rings. The molecule has 30 heavy (non-hydrogen) atoms. The second-order valence-electron chi connectivity index (χ2n) is 8.53. The highest BCUT2D eigenvalue weighted by Crippen LogP contribution is 2.14. The molecular weight excluding hydrogens is 389 g/mol. The molecule has 1 aromatic carbocycles. The number of piperidine rings is 1. The van der Waals surface area contributed by atoms with E-state index in [-0.39, 0.29) is 36.6 Å². The Kier molecular flexibility index (Phi) is 8.62. The molecule has 0 bridgehead atoms. The van der Waals surface area contributed by atoms with E-state index < -0.39 is 11.7 Å². The van der Waals surface area contributed by atoms with E-state index in [1.165, 1.54) is 12.1 Å². The van der Waals surface area contributed by atoms with E-state index in [0.717, 1.165) is 5.56 Å². The van der Waals surface area contributed by atoms with Crippen LogP contribution in [-0.4, -0.2) is 54.1 Å². The number of nitrogens with one attached hydrogen (secondary N) is 2. The van der Waals surface area contributed by atoms with Gasteiger partial charge in [-0.1, -0.05) is 12.1 Å². The van der Waals surface area contributed by atoms with Gasteiger partial charge in [-0.3, -0.25) is 9.59 Å². The van der Waals surface area contributed by atoms with Crippen LogP contribution in [0.25, 0.3) is 0 Å². The zero-order valence-electron chi connectivity index (χ0n) is 18.0. The molecule has 0 saturated carbocycles. The van der Waals surface area contributed by atoms with E-state index in [4.69, 9.17) is 4.74 Å². The molecule has 1 fully saturated rings. The number of likely N-dealkylation sites (tertiary alicyclic amines) is 1. The second kappa shape index (κ2) is 10.9. The van der Waals surface area contributed by atoms with Crippen molar-refractivity contribution in [1.29, 1.82) is 0 Å². The van der Waals surface area contributed by atoms with Crippen molar-refractivity contribution in [1.82, 2.24) is 15.5 Å². The predicted molar refractivity (Wildman–Crippen MR) is 111 cm³/mol. The van der Waals surface area contributed by atoms with Crippen molar-refractivity contribution in [3.63, 3.8) is 0 Å². The number of carbonyl (C=O) groups is 3. The third-order valence-electron chi connectivity index (χ3n) is 4.75. The summed E-state index contributed by atoms with van der Waals surface area (Å²) in [5, 5.41) is 5.52. The van der Waals surface area contributed by atoms with Gasteiger partial charge in [-0.05, 0) is 57.7 Å². The summed E-state index contributed by atoms with van der Waals surface area (Å²) >= 11 is 0. The minimum atomic E-state index is -0.574. The number of nitrogens with zero attached hydrogens (tertiary/aromatic N) is 1. The average Bonchev–Trinajstić information content (AvgIpc) is 2.65. The summed E-state index contributed by atoms with van der Waals surface area (Å²) in [5.74, 6) is -0.384. The monoisotopic (exact) mass is 421 g/mol. The molecule has 0 spiro atoms. The van der Waals surface area contributed by atoms with Crippen LogP contribution >= 0.6 is 0 Å². The largest absolute Gasteiger partial charge is 0.444 e. The standard InChI is InChI=1S/C22H32FN3O4/c1-22(2,3)30-21(29)24-12-9-19(27)25-18-10-13-26(14-11-18)20(28)8-7-16-5-4-6-17(23)15-16/h4-6,15,18H,7-14H2,1-3H3,(H,24,29)(H,25,27). The molecule has 1 aromatic rings. The molecule has 1 saturated heterocycles. The molecule has 3 amide bonds. The van der Waals surface area contributed by atoms with Crippen molar-refractivity contribution in [2.24, 2.45) is 0 Å². The molecule has 0 atom stereocenters. The maximum absolute atomic E-state index is 13.2. The molecule has 0 unspecified atom stereocenters. The van der Waals surface area contributed by atoms with Crippen LogP contribution < -0.4 is 10.6 Å². The lowest BCUT2D eigenvalue weighted by Gasteiger charge is -2.32. The van der Waals surface area contributed by atoms with Gasteiger partial charge in [-0.15, -0.1) is 0 Å². The highest BCUT2D eigenvalue weighted by Gasteiger charge is 2.23. The van der Waals surface area contributed by atoms with Crippen molar-refractivity contribution >= 4 is 17.9 Å². The maximum Gasteiger partial charge on any atom is 0.407 e. The van der Waals surface area contributed by atoms with Crippen LogP contribution in [0.3, 0.4) is 0 Å². The van der Waals surface area contributed by atoms with Crippen LogP contribution in [-0.2, 0) is 20.7 Å². The number of benzene rings is 1. The average molecular weight is 422 g/mol. The Balaban J connectivity index is 1.62. The van der Waals surface area contributed by atoms with Gasteiger partial charge in [0.05, 0.1) is 0 Å². The van der Waals surface area contributed by atoms with Gasteiger partial charge in [0.2, 0.25) is 11.8 Å². The number of ether oxygens (including phenoxy) is 1. The number of aryl methyl sites for hydroxylation is 1. The lowest BCUT2D eigenvalue weighted by Crippen LogP contribution is -2.47. The van der Waals surface area contributed by atoms with Crippen molar-refractivity contribution in [3.05, 3.63) is 35.6 Å². The van der Waals surface area contributed by atoms with Crippen molar-refractivity contribution < 1.29 is 23.5 Å². The van der Waals surface area contributed by atoms with Crippen LogP contribution in [0.4, 0.5) is 9.18 Å². The smallest absolute Gasteiger partial charge is 0.407 e. The molecular formula is C22H32FN3O4. The predicted octanol–water partition coefficient (Wildman–Crippen LogP) is 2.78. The van der Waals surface area contributed by atoms with E-state index in [9.17, 15) is 18.8 Å². The molecule has 0 aliphatic carbocycles. The Labute approximate surface area is 177 Å². The van der Waals surface area contributed by atoms with Crippen LogP contribution in [0.15, 0.2) is 24.3 Å². The van der Waals surface area contributed by atoms with Crippen molar-refractivity contribution in [2.75, 3.05) is 19.6 Å². The second-order valence-corrected chi connectivity index (χ2v) is 8.53. The van der Waals surface area contributed by atoms with Gasteiger partial charge in [0.25, 0.3) is 0 Å². The zero-order valence-corrected chi connectivity index (χ0v) is 18.0. The highest BCUT2D eigenvalue weighted by molar-refractivity contribution is 5.78. The fraction of sp³-hybridized carbons (Fsp3) is 0.591. The topological polar surface area (TPSA) is 87.7 Å². The molecule has 2 rings (SSSR count). The first-order chi connectivity index (χ1) is 14.1. The highest BCUT2D eigenvalue weighted by atomic mass is 19.1. The zero-order chi connectivity index (χ0) is 22.1. The number of amides is 3. The molecule has 166 valence electrons. The molecule has 1 aliphatic heterocycles. The Morgan fingerprint density at radius 1 is 1.17 bits per heavy atom. The van der Waals surface area contributed by atoms with Crippen molar-refractivity contribution in [3.8, 4) is 0 Å². The summed E-state index contributed by atoms with van der Waals surface area (Å²) in [6.45, 7) is 6.71. The van der Waals surface area contributed by atoms with Gasteiger partial charge in [-0.2, -0.15) is 0 Å². The Morgan fingerprint density at radius 3 is 2.50 bits per heavy atom. The number of halogens is 1. The minimum Gasteiger partial charge on any atom is -0.444 e. The van der Waals surface area contributed by atoms with E-state index in [2.05, 4.69) is 10.6 Å². The number of hydrogen-bond acceptors (Lipinski definition) is 4. The van der Waals surface area contributed by atoms with Crippen LogP contribution in [0.5, 0.6) is 0 Å². The Morgan fingerprint density at radius 2 is 1.87 bits per heavy atom. The van der Waals surface area contributed by atoms with Gasteiger partial charge < -0.3 is 20.3 Å². The summed E-state index contributed by atoms with van der Waals surface area (Å²) in [6.07, 6.45) is 1.87. The van der Waals surface area contributed by atoms with Gasteiger partial charge >= 0.3 is 6.09 Å². The summed E-state index contributed by atoms with van der Waals surface area (Å²) in [6, 6.07) is 6.32. The number of rotatable bonds is 7. The summed E-state index contributed by atoms with van der Waals surface area (Å²) < 4.78 is 18.3. The fourth-order valence-corrected chi connectivity index (χ4v) is 3.27. The third-order valence-corrected chi connectivity index (χ3v) is 4.75. The third kappa shape index (κ3) is 8.80. The molecule has 0 aromatic heterocycles. The van der Waals surface area contributed by atoms with Crippen LogP contribution in [0, 0.1) is 5.82 Å². The first-order valence-corrected chi connectivity index (χ1v) is 10.4. The van der Waals surface area contributed by atoms with Gasteiger partial charge in [0.15, 0.2) is 0 Å². The normalized spacial score (nSPS) is 14.9.